The van der Waals surface area contributed by atoms with Gasteiger partial charge in [0.15, 0.2) is 5.65 Å². The quantitative estimate of drug-likeness (QED) is 0.707. The minimum Gasteiger partial charge on any atom is -0.368 e. The summed E-state index contributed by atoms with van der Waals surface area (Å²) in [7, 11) is 0. The lowest BCUT2D eigenvalue weighted by atomic mass is 10.1. The molecule has 0 radical (unpaired) electrons. The average molecular weight is 378 g/mol. The van der Waals surface area contributed by atoms with Crippen LogP contribution in [0.1, 0.15) is 21.5 Å². The number of hydrogen-bond donors (Lipinski definition) is 2. The first-order chi connectivity index (χ1) is 11.9. The first-order valence-electron chi connectivity index (χ1n) is 7.26. The summed E-state index contributed by atoms with van der Waals surface area (Å²) in [6.07, 6.45) is 5.30. The Kier molecular flexibility index (Phi) is 4.87. The van der Waals surface area contributed by atoms with Gasteiger partial charge in [-0.1, -0.05) is 23.2 Å². The number of carbonyl (C=O) groups is 2. The van der Waals surface area contributed by atoms with Crippen LogP contribution in [0, 0.1) is 0 Å². The third-order valence-corrected chi connectivity index (χ3v) is 4.08. The molecular formula is C16H13Cl2N5O2. The summed E-state index contributed by atoms with van der Waals surface area (Å²) < 4.78 is 1.49. The number of nitrogens with two attached hydrogens (primary N) is 1. The van der Waals surface area contributed by atoms with Gasteiger partial charge in [0, 0.05) is 28.9 Å². The zero-order valence-electron chi connectivity index (χ0n) is 12.9. The molecule has 0 atom stereocenters. The largest absolute Gasteiger partial charge is 0.368 e. The van der Waals surface area contributed by atoms with E-state index in [9.17, 15) is 9.59 Å². The SMILES string of the molecule is NC(=O)CNC(=O)c1cnn2cc(Cc3cc(Cl)ccc3Cl)cnc12. The standard InChI is InChI=1S/C16H13Cl2N5O2/c17-11-1-2-13(18)10(4-11)3-9-5-20-15-12(6-22-23(15)8-9)16(25)21-7-14(19)24/h1-2,4-6,8H,3,7H2,(H2,19,24)(H,21,25). The first-order valence-corrected chi connectivity index (χ1v) is 8.02. The lowest BCUT2D eigenvalue weighted by Gasteiger charge is -2.06. The Morgan fingerprint density at radius 1 is 1.24 bits per heavy atom. The Bertz CT molecular complexity index is 970. The molecule has 2 amide bonds. The van der Waals surface area contributed by atoms with Gasteiger partial charge in [-0.15, -0.1) is 0 Å². The molecule has 1 aromatic carbocycles. The van der Waals surface area contributed by atoms with Crippen LogP contribution in [0.5, 0.6) is 0 Å². The van der Waals surface area contributed by atoms with Crippen LogP contribution in [0.4, 0.5) is 0 Å². The zero-order chi connectivity index (χ0) is 18.0. The second-order valence-corrected chi connectivity index (χ2v) is 6.19. The van der Waals surface area contributed by atoms with Crippen molar-refractivity contribution in [2.24, 2.45) is 5.73 Å². The number of hydrogen-bond acceptors (Lipinski definition) is 4. The van der Waals surface area contributed by atoms with Gasteiger partial charge in [-0.25, -0.2) is 9.50 Å². The van der Waals surface area contributed by atoms with Crippen molar-refractivity contribution in [1.82, 2.24) is 19.9 Å². The molecule has 0 bridgehead atoms. The zero-order valence-corrected chi connectivity index (χ0v) is 14.4. The molecule has 3 aromatic rings. The van der Waals surface area contributed by atoms with Gasteiger partial charge in [0.2, 0.25) is 5.91 Å². The van der Waals surface area contributed by atoms with E-state index in [4.69, 9.17) is 28.9 Å². The molecule has 2 aromatic heterocycles. The van der Waals surface area contributed by atoms with Crippen molar-refractivity contribution in [2.75, 3.05) is 6.54 Å². The Labute approximate surface area is 152 Å². The van der Waals surface area contributed by atoms with E-state index < -0.39 is 11.8 Å². The number of halogens is 2. The fourth-order valence-corrected chi connectivity index (χ4v) is 2.71. The lowest BCUT2D eigenvalue weighted by Crippen LogP contribution is -2.33. The fourth-order valence-electron chi connectivity index (χ4n) is 2.33. The van der Waals surface area contributed by atoms with Crippen LogP contribution < -0.4 is 11.1 Å². The van der Waals surface area contributed by atoms with Gasteiger partial charge in [-0.05, 0) is 29.3 Å². The fraction of sp³-hybridized carbons (Fsp3) is 0.125. The molecule has 0 fully saturated rings. The number of primary amides is 1. The van der Waals surface area contributed by atoms with E-state index in [1.807, 2.05) is 0 Å². The van der Waals surface area contributed by atoms with Crippen molar-refractivity contribution in [1.29, 1.82) is 0 Å². The Hall–Kier alpha value is -2.64. The minimum absolute atomic E-state index is 0.248. The van der Waals surface area contributed by atoms with Crippen LogP contribution in [-0.2, 0) is 11.2 Å². The van der Waals surface area contributed by atoms with Gasteiger partial charge in [-0.3, -0.25) is 9.59 Å². The average Bonchev–Trinajstić information content (AvgIpc) is 2.99. The first kappa shape index (κ1) is 17.2. The number of nitrogens with one attached hydrogen (secondary N) is 1. The molecule has 0 unspecified atom stereocenters. The highest BCUT2D eigenvalue weighted by Crippen LogP contribution is 2.23. The number of amides is 2. The van der Waals surface area contributed by atoms with Crippen LogP contribution in [-0.4, -0.2) is 33.0 Å². The Balaban J connectivity index is 1.85. The Morgan fingerprint density at radius 2 is 2.04 bits per heavy atom. The van der Waals surface area contributed by atoms with Gasteiger partial charge in [0.25, 0.3) is 5.91 Å². The second-order valence-electron chi connectivity index (χ2n) is 5.35. The molecule has 9 heteroatoms. The molecule has 7 nitrogen and oxygen atoms in total. The van der Waals surface area contributed by atoms with Crippen LogP contribution in [0.15, 0.2) is 36.8 Å². The minimum atomic E-state index is -0.626. The summed E-state index contributed by atoms with van der Waals surface area (Å²) in [6.45, 7) is -0.248. The summed E-state index contributed by atoms with van der Waals surface area (Å²) >= 11 is 12.2. The van der Waals surface area contributed by atoms with Crippen LogP contribution in [0.3, 0.4) is 0 Å². The maximum atomic E-state index is 12.0. The van der Waals surface area contributed by atoms with Crippen LogP contribution in [0.2, 0.25) is 10.0 Å². The third kappa shape index (κ3) is 3.89. The number of benzene rings is 1. The van der Waals surface area contributed by atoms with E-state index in [0.29, 0.717) is 22.1 Å². The number of rotatable bonds is 5. The molecule has 0 saturated heterocycles. The van der Waals surface area contributed by atoms with Crippen molar-refractivity contribution in [3.8, 4) is 0 Å². The van der Waals surface area contributed by atoms with E-state index in [1.165, 1.54) is 10.7 Å². The summed E-state index contributed by atoms with van der Waals surface area (Å²) in [5.41, 5.74) is 7.36. The van der Waals surface area contributed by atoms with Crippen molar-refractivity contribution in [3.63, 3.8) is 0 Å². The number of fused-ring (bicyclic) bond motifs is 1. The van der Waals surface area contributed by atoms with Gasteiger partial charge >= 0.3 is 0 Å². The van der Waals surface area contributed by atoms with Crippen molar-refractivity contribution in [3.05, 3.63) is 63.5 Å². The normalized spacial score (nSPS) is 10.8. The van der Waals surface area contributed by atoms with Gasteiger partial charge in [-0.2, -0.15) is 5.10 Å². The molecule has 0 aliphatic heterocycles. The van der Waals surface area contributed by atoms with E-state index in [-0.39, 0.29) is 12.1 Å². The topological polar surface area (TPSA) is 102 Å². The summed E-state index contributed by atoms with van der Waals surface area (Å²) in [6, 6.07) is 5.25. The van der Waals surface area contributed by atoms with Gasteiger partial charge in [0.1, 0.15) is 5.56 Å². The predicted molar refractivity (Wildman–Crippen MR) is 93.8 cm³/mol. The molecule has 2 heterocycles. The molecule has 0 saturated carbocycles. The smallest absolute Gasteiger partial charge is 0.257 e. The number of aromatic nitrogens is 3. The lowest BCUT2D eigenvalue weighted by molar-refractivity contribution is -0.117. The highest BCUT2D eigenvalue weighted by Gasteiger charge is 2.15. The molecule has 0 aliphatic rings. The van der Waals surface area contributed by atoms with E-state index in [1.54, 1.807) is 30.6 Å². The van der Waals surface area contributed by atoms with E-state index >= 15 is 0 Å². The van der Waals surface area contributed by atoms with Crippen LogP contribution in [0.25, 0.3) is 5.65 Å². The maximum absolute atomic E-state index is 12.0. The highest BCUT2D eigenvalue weighted by molar-refractivity contribution is 6.33. The van der Waals surface area contributed by atoms with Gasteiger partial charge in [0.05, 0.1) is 12.7 Å². The maximum Gasteiger partial charge on any atom is 0.257 e. The third-order valence-electron chi connectivity index (χ3n) is 3.48. The predicted octanol–water partition coefficient (Wildman–Crippen LogP) is 1.84. The Morgan fingerprint density at radius 3 is 2.80 bits per heavy atom. The van der Waals surface area contributed by atoms with Crippen LogP contribution >= 0.6 is 23.2 Å². The molecule has 3 N–H and O–H groups in total. The summed E-state index contributed by atoms with van der Waals surface area (Å²) in [5.74, 6) is -1.09. The highest BCUT2D eigenvalue weighted by atomic mass is 35.5. The monoisotopic (exact) mass is 377 g/mol. The van der Waals surface area contributed by atoms with E-state index in [0.717, 1.165) is 11.1 Å². The van der Waals surface area contributed by atoms with Crippen molar-refractivity contribution >= 4 is 40.7 Å². The molecule has 3 rings (SSSR count). The van der Waals surface area contributed by atoms with Gasteiger partial charge < -0.3 is 11.1 Å². The van der Waals surface area contributed by atoms with Crippen molar-refractivity contribution < 1.29 is 9.59 Å². The number of carbonyl (C=O) groups excluding carboxylic acids is 2. The molecule has 128 valence electrons. The number of nitrogens with zero attached hydrogens (tertiary/aromatic N) is 3. The van der Waals surface area contributed by atoms with Crippen molar-refractivity contribution in [2.45, 2.75) is 6.42 Å². The summed E-state index contributed by atoms with van der Waals surface area (Å²) in [4.78, 5) is 27.1. The van der Waals surface area contributed by atoms with E-state index in [2.05, 4.69) is 15.4 Å². The molecule has 0 spiro atoms. The summed E-state index contributed by atoms with van der Waals surface area (Å²) in [5, 5.41) is 7.74. The second kappa shape index (κ2) is 7.08. The molecule has 25 heavy (non-hydrogen) atoms. The molecular weight excluding hydrogens is 365 g/mol. The molecule has 0 aliphatic carbocycles.